The summed E-state index contributed by atoms with van der Waals surface area (Å²) < 4.78 is 2.91. The van der Waals surface area contributed by atoms with Crippen molar-refractivity contribution in [1.29, 1.82) is 0 Å². The van der Waals surface area contributed by atoms with Crippen LogP contribution in [0.3, 0.4) is 0 Å². The molecule has 0 saturated carbocycles. The van der Waals surface area contributed by atoms with E-state index in [0.29, 0.717) is 17.1 Å². The van der Waals surface area contributed by atoms with Gasteiger partial charge in [0, 0.05) is 28.0 Å². The molecule has 0 bridgehead atoms. The molecule has 2 heterocycles. The fourth-order valence-electron chi connectivity index (χ4n) is 2.62. The van der Waals surface area contributed by atoms with Crippen LogP contribution in [0.15, 0.2) is 22.7 Å². The standard InChI is InChI=1S/C15H16BrClN4O/c16-11-6-10(7-12(17)8-11)15(22)18-9-14-20-19-13-4-2-1-3-5-21(13)14/h6-8H,1-5,9H2,(H,18,22). The molecule has 3 rings (SSSR count). The van der Waals surface area contributed by atoms with Crippen molar-refractivity contribution < 1.29 is 4.79 Å². The Morgan fingerprint density at radius 3 is 2.95 bits per heavy atom. The molecule has 0 radical (unpaired) electrons. The summed E-state index contributed by atoms with van der Waals surface area (Å²) in [7, 11) is 0. The molecule has 0 fully saturated rings. The van der Waals surface area contributed by atoms with Gasteiger partial charge in [-0.1, -0.05) is 34.0 Å². The maximum atomic E-state index is 12.2. The molecule has 7 heteroatoms. The second-order valence-electron chi connectivity index (χ2n) is 5.34. The van der Waals surface area contributed by atoms with E-state index in [1.54, 1.807) is 18.2 Å². The lowest BCUT2D eigenvalue weighted by Gasteiger charge is -2.08. The Morgan fingerprint density at radius 1 is 1.27 bits per heavy atom. The van der Waals surface area contributed by atoms with Gasteiger partial charge >= 0.3 is 0 Å². The molecule has 1 aromatic heterocycles. The van der Waals surface area contributed by atoms with Gasteiger partial charge < -0.3 is 9.88 Å². The van der Waals surface area contributed by atoms with Crippen molar-refractivity contribution in [2.24, 2.45) is 0 Å². The molecule has 1 aliphatic heterocycles. The van der Waals surface area contributed by atoms with Crippen LogP contribution in [-0.2, 0) is 19.5 Å². The number of aryl methyl sites for hydroxylation is 1. The number of fused-ring (bicyclic) bond motifs is 1. The van der Waals surface area contributed by atoms with Crippen molar-refractivity contribution in [3.05, 3.63) is 44.9 Å². The Balaban J connectivity index is 1.70. The van der Waals surface area contributed by atoms with Crippen molar-refractivity contribution in [3.8, 4) is 0 Å². The molecule has 5 nitrogen and oxygen atoms in total. The first-order chi connectivity index (χ1) is 10.6. The van der Waals surface area contributed by atoms with E-state index < -0.39 is 0 Å². The van der Waals surface area contributed by atoms with E-state index in [9.17, 15) is 4.79 Å². The minimum absolute atomic E-state index is 0.172. The van der Waals surface area contributed by atoms with Crippen molar-refractivity contribution in [1.82, 2.24) is 20.1 Å². The summed E-state index contributed by atoms with van der Waals surface area (Å²) in [5.41, 5.74) is 0.523. The SMILES string of the molecule is O=C(NCc1nnc2n1CCCCC2)c1cc(Cl)cc(Br)c1. The summed E-state index contributed by atoms with van der Waals surface area (Å²) in [6.45, 7) is 1.30. The van der Waals surface area contributed by atoms with Crippen LogP contribution in [0.2, 0.25) is 5.02 Å². The Labute approximate surface area is 142 Å². The molecule has 0 spiro atoms. The highest BCUT2D eigenvalue weighted by Crippen LogP contribution is 2.20. The molecule has 22 heavy (non-hydrogen) atoms. The fraction of sp³-hybridized carbons (Fsp3) is 0.400. The number of carbonyl (C=O) groups excluding carboxylic acids is 1. The molecular formula is C15H16BrClN4O. The molecule has 1 N–H and O–H groups in total. The zero-order chi connectivity index (χ0) is 15.5. The zero-order valence-electron chi connectivity index (χ0n) is 12.0. The van der Waals surface area contributed by atoms with Crippen LogP contribution >= 0.6 is 27.5 Å². The lowest BCUT2D eigenvalue weighted by molar-refractivity contribution is 0.0949. The van der Waals surface area contributed by atoms with Gasteiger partial charge in [-0.15, -0.1) is 10.2 Å². The van der Waals surface area contributed by atoms with E-state index in [2.05, 4.69) is 36.0 Å². The van der Waals surface area contributed by atoms with Gasteiger partial charge in [-0.05, 0) is 31.0 Å². The number of amides is 1. The minimum atomic E-state index is -0.172. The third kappa shape index (κ3) is 3.50. The highest BCUT2D eigenvalue weighted by molar-refractivity contribution is 9.10. The lowest BCUT2D eigenvalue weighted by Crippen LogP contribution is -2.25. The van der Waals surface area contributed by atoms with E-state index in [4.69, 9.17) is 11.6 Å². The van der Waals surface area contributed by atoms with Gasteiger partial charge in [-0.2, -0.15) is 0 Å². The van der Waals surface area contributed by atoms with Crippen LogP contribution < -0.4 is 5.32 Å². The number of halogens is 2. The first-order valence-electron chi connectivity index (χ1n) is 7.29. The van der Waals surface area contributed by atoms with Crippen LogP contribution in [0, 0.1) is 0 Å². The quantitative estimate of drug-likeness (QED) is 0.884. The van der Waals surface area contributed by atoms with E-state index >= 15 is 0 Å². The van der Waals surface area contributed by atoms with Gasteiger partial charge in [0.25, 0.3) is 5.91 Å². The van der Waals surface area contributed by atoms with E-state index in [0.717, 1.165) is 41.9 Å². The number of hydrogen-bond donors (Lipinski definition) is 1. The average molecular weight is 384 g/mol. The van der Waals surface area contributed by atoms with Gasteiger partial charge in [0.05, 0.1) is 6.54 Å². The largest absolute Gasteiger partial charge is 0.345 e. The predicted molar refractivity (Wildman–Crippen MR) is 87.9 cm³/mol. The predicted octanol–water partition coefficient (Wildman–Crippen LogP) is 3.35. The maximum Gasteiger partial charge on any atom is 0.251 e. The molecule has 1 aliphatic rings. The Hall–Kier alpha value is -1.40. The normalized spacial score (nSPS) is 14.3. The third-order valence-electron chi connectivity index (χ3n) is 3.72. The molecule has 1 amide bonds. The van der Waals surface area contributed by atoms with Crippen LogP contribution in [0.5, 0.6) is 0 Å². The molecule has 0 aliphatic carbocycles. The summed E-state index contributed by atoms with van der Waals surface area (Å²) in [6, 6.07) is 5.13. The fourth-order valence-corrected chi connectivity index (χ4v) is 3.48. The minimum Gasteiger partial charge on any atom is -0.345 e. The van der Waals surface area contributed by atoms with Gasteiger partial charge in [-0.25, -0.2) is 0 Å². The average Bonchev–Trinajstić information content (AvgIpc) is 2.71. The first kappa shape index (κ1) is 15.5. The number of rotatable bonds is 3. The smallest absolute Gasteiger partial charge is 0.251 e. The number of hydrogen-bond acceptors (Lipinski definition) is 3. The Bertz CT molecular complexity index is 681. The number of benzene rings is 1. The van der Waals surface area contributed by atoms with Crippen LogP contribution in [0.1, 0.15) is 41.3 Å². The van der Waals surface area contributed by atoms with Crippen LogP contribution in [-0.4, -0.2) is 20.7 Å². The van der Waals surface area contributed by atoms with Crippen molar-refractivity contribution >= 4 is 33.4 Å². The Morgan fingerprint density at radius 2 is 2.14 bits per heavy atom. The van der Waals surface area contributed by atoms with Crippen LogP contribution in [0.25, 0.3) is 0 Å². The molecule has 0 saturated heterocycles. The molecule has 116 valence electrons. The summed E-state index contributed by atoms with van der Waals surface area (Å²) in [5, 5.41) is 11.8. The summed E-state index contributed by atoms with van der Waals surface area (Å²) in [4.78, 5) is 12.2. The van der Waals surface area contributed by atoms with Gasteiger partial charge in [0.1, 0.15) is 5.82 Å². The molecular weight excluding hydrogens is 368 g/mol. The summed E-state index contributed by atoms with van der Waals surface area (Å²) in [6.07, 6.45) is 4.46. The second kappa shape index (κ2) is 6.79. The van der Waals surface area contributed by atoms with Gasteiger partial charge in [0.2, 0.25) is 0 Å². The van der Waals surface area contributed by atoms with Crippen molar-refractivity contribution in [3.63, 3.8) is 0 Å². The third-order valence-corrected chi connectivity index (χ3v) is 4.39. The number of nitrogens with one attached hydrogen (secondary N) is 1. The lowest BCUT2D eigenvalue weighted by atomic mass is 10.2. The van der Waals surface area contributed by atoms with E-state index in [1.165, 1.54) is 6.42 Å². The first-order valence-corrected chi connectivity index (χ1v) is 8.46. The number of aromatic nitrogens is 3. The maximum absolute atomic E-state index is 12.2. The molecule has 0 atom stereocenters. The van der Waals surface area contributed by atoms with Crippen molar-refractivity contribution in [2.45, 2.75) is 38.8 Å². The van der Waals surface area contributed by atoms with Gasteiger partial charge in [0.15, 0.2) is 5.82 Å². The van der Waals surface area contributed by atoms with Gasteiger partial charge in [-0.3, -0.25) is 4.79 Å². The van der Waals surface area contributed by atoms with E-state index in [1.807, 2.05) is 0 Å². The zero-order valence-corrected chi connectivity index (χ0v) is 14.3. The number of nitrogens with zero attached hydrogens (tertiary/aromatic N) is 3. The van der Waals surface area contributed by atoms with Crippen LogP contribution in [0.4, 0.5) is 0 Å². The summed E-state index contributed by atoms with van der Waals surface area (Å²) >= 11 is 9.31. The van der Waals surface area contributed by atoms with E-state index in [-0.39, 0.29) is 5.91 Å². The number of carbonyl (C=O) groups is 1. The molecule has 0 unspecified atom stereocenters. The summed E-state index contributed by atoms with van der Waals surface area (Å²) in [5.74, 6) is 1.66. The highest BCUT2D eigenvalue weighted by atomic mass is 79.9. The second-order valence-corrected chi connectivity index (χ2v) is 6.69. The Kier molecular flexibility index (Phi) is 4.78. The monoisotopic (exact) mass is 382 g/mol. The topological polar surface area (TPSA) is 59.8 Å². The highest BCUT2D eigenvalue weighted by Gasteiger charge is 2.15. The van der Waals surface area contributed by atoms with Crippen molar-refractivity contribution in [2.75, 3.05) is 0 Å². The molecule has 1 aromatic carbocycles. The molecule has 2 aromatic rings.